The Bertz CT molecular complexity index is 600. The number of benzene rings is 2. The molecule has 0 aliphatic heterocycles. The molecule has 0 spiro atoms. The van der Waals surface area contributed by atoms with Crippen LogP contribution in [0.1, 0.15) is 36.1 Å². The molecule has 0 saturated carbocycles. The molecule has 0 saturated heterocycles. The molecular formula is C19H24ClNO. The molecule has 0 radical (unpaired) electrons. The van der Waals surface area contributed by atoms with E-state index in [0.717, 1.165) is 18.6 Å². The zero-order valence-corrected chi connectivity index (χ0v) is 14.0. The molecule has 1 unspecified atom stereocenters. The molecule has 0 amide bonds. The third-order valence-corrected chi connectivity index (χ3v) is 4.44. The lowest BCUT2D eigenvalue weighted by atomic mass is 9.87. The molecule has 3 heteroatoms. The molecule has 2 aromatic carbocycles. The van der Waals surface area contributed by atoms with Gasteiger partial charge in [-0.1, -0.05) is 42.5 Å². The van der Waals surface area contributed by atoms with Crippen molar-refractivity contribution in [3.05, 3.63) is 65.2 Å². The highest BCUT2D eigenvalue weighted by Gasteiger charge is 2.22. The summed E-state index contributed by atoms with van der Waals surface area (Å²) < 4.78 is 5.48. The Hall–Kier alpha value is -1.51. The lowest BCUT2D eigenvalue weighted by molar-refractivity contribution is 0.386. The average Bonchev–Trinajstić information content (AvgIpc) is 2.54. The van der Waals surface area contributed by atoms with E-state index in [1.54, 1.807) is 7.11 Å². The van der Waals surface area contributed by atoms with Gasteiger partial charge in [0.2, 0.25) is 0 Å². The van der Waals surface area contributed by atoms with Gasteiger partial charge in [-0.2, -0.15) is 0 Å². The molecule has 0 heterocycles. The van der Waals surface area contributed by atoms with Crippen LogP contribution < -0.4 is 10.1 Å². The summed E-state index contributed by atoms with van der Waals surface area (Å²) in [7, 11) is 1.76. The van der Waals surface area contributed by atoms with Crippen LogP contribution >= 0.6 is 12.4 Å². The van der Waals surface area contributed by atoms with Gasteiger partial charge in [0.05, 0.1) is 7.11 Å². The quantitative estimate of drug-likeness (QED) is 0.906. The first kappa shape index (κ1) is 16.9. The minimum atomic E-state index is 0. The Balaban J connectivity index is 0.00000176. The van der Waals surface area contributed by atoms with E-state index in [2.05, 4.69) is 60.8 Å². The van der Waals surface area contributed by atoms with Crippen LogP contribution in [0.15, 0.2) is 48.5 Å². The van der Waals surface area contributed by atoms with Crippen molar-refractivity contribution in [2.24, 2.45) is 0 Å². The predicted molar refractivity (Wildman–Crippen MR) is 94.0 cm³/mol. The highest BCUT2D eigenvalue weighted by molar-refractivity contribution is 5.85. The van der Waals surface area contributed by atoms with Crippen LogP contribution in [0, 0.1) is 0 Å². The van der Waals surface area contributed by atoms with Crippen LogP contribution in [0.2, 0.25) is 0 Å². The molecule has 1 aliphatic rings. The number of halogens is 1. The summed E-state index contributed by atoms with van der Waals surface area (Å²) in [5.41, 5.74) is 4.18. The van der Waals surface area contributed by atoms with Crippen LogP contribution in [0.5, 0.6) is 5.75 Å². The highest BCUT2D eigenvalue weighted by Crippen LogP contribution is 2.30. The second kappa shape index (κ2) is 7.66. The molecule has 2 aromatic rings. The topological polar surface area (TPSA) is 21.3 Å². The Labute approximate surface area is 139 Å². The maximum Gasteiger partial charge on any atom is 0.122 e. The van der Waals surface area contributed by atoms with Gasteiger partial charge in [0, 0.05) is 12.1 Å². The van der Waals surface area contributed by atoms with E-state index in [0.29, 0.717) is 12.1 Å². The summed E-state index contributed by atoms with van der Waals surface area (Å²) in [4.78, 5) is 0. The van der Waals surface area contributed by atoms with Gasteiger partial charge in [-0.15, -0.1) is 12.4 Å². The molecule has 1 N–H and O–H groups in total. The predicted octanol–water partition coefficient (Wildman–Crippen LogP) is 4.33. The smallest absolute Gasteiger partial charge is 0.122 e. The maximum absolute atomic E-state index is 5.48. The van der Waals surface area contributed by atoms with Gasteiger partial charge in [0.1, 0.15) is 5.75 Å². The molecule has 1 aliphatic carbocycles. The van der Waals surface area contributed by atoms with Crippen molar-refractivity contribution >= 4 is 12.4 Å². The molecule has 0 aromatic heterocycles. The first-order valence-corrected chi connectivity index (χ1v) is 7.73. The second-order valence-electron chi connectivity index (χ2n) is 5.84. The summed E-state index contributed by atoms with van der Waals surface area (Å²) in [6.07, 6.45) is 3.35. The number of nitrogens with one attached hydrogen (secondary N) is 1. The van der Waals surface area contributed by atoms with Crippen LogP contribution in [-0.4, -0.2) is 13.2 Å². The molecule has 0 fully saturated rings. The number of rotatable bonds is 4. The first-order chi connectivity index (χ1) is 10.3. The number of hydrogen-bond donors (Lipinski definition) is 1. The maximum atomic E-state index is 5.48. The fourth-order valence-corrected chi connectivity index (χ4v) is 3.30. The molecule has 3 rings (SSSR count). The van der Waals surface area contributed by atoms with Crippen molar-refractivity contribution < 1.29 is 4.74 Å². The van der Waals surface area contributed by atoms with Gasteiger partial charge in [-0.05, 0) is 48.9 Å². The Kier molecular flexibility index (Phi) is 5.87. The van der Waals surface area contributed by atoms with Crippen LogP contribution in [0.3, 0.4) is 0 Å². The van der Waals surface area contributed by atoms with E-state index in [1.807, 2.05) is 0 Å². The number of ether oxygens (including phenoxy) is 1. The van der Waals surface area contributed by atoms with Crippen molar-refractivity contribution in [1.82, 2.24) is 5.32 Å². The molecule has 22 heavy (non-hydrogen) atoms. The van der Waals surface area contributed by atoms with E-state index in [9.17, 15) is 0 Å². The molecule has 2 nitrogen and oxygen atoms in total. The average molecular weight is 318 g/mol. The highest BCUT2D eigenvalue weighted by atomic mass is 35.5. The molecular weight excluding hydrogens is 294 g/mol. The van der Waals surface area contributed by atoms with Crippen LogP contribution in [0.25, 0.3) is 0 Å². The van der Waals surface area contributed by atoms with Gasteiger partial charge in [-0.3, -0.25) is 0 Å². The Morgan fingerprint density at radius 1 is 1.09 bits per heavy atom. The SMILES string of the molecule is COc1cccc2c1CCC(N[C@@H](C)c1ccccc1)C2.Cl. The zero-order valence-electron chi connectivity index (χ0n) is 13.2. The van der Waals surface area contributed by atoms with E-state index in [4.69, 9.17) is 4.74 Å². The third-order valence-electron chi connectivity index (χ3n) is 4.44. The monoisotopic (exact) mass is 317 g/mol. The van der Waals surface area contributed by atoms with Crippen molar-refractivity contribution in [3.8, 4) is 5.75 Å². The van der Waals surface area contributed by atoms with Gasteiger partial charge in [0.15, 0.2) is 0 Å². The van der Waals surface area contributed by atoms with Gasteiger partial charge in [0.25, 0.3) is 0 Å². The van der Waals surface area contributed by atoms with Gasteiger partial charge < -0.3 is 10.1 Å². The third kappa shape index (κ3) is 3.63. The van der Waals surface area contributed by atoms with Crippen molar-refractivity contribution in [2.75, 3.05) is 7.11 Å². The van der Waals surface area contributed by atoms with E-state index in [-0.39, 0.29) is 12.4 Å². The second-order valence-corrected chi connectivity index (χ2v) is 5.84. The van der Waals surface area contributed by atoms with Crippen molar-refractivity contribution in [2.45, 2.75) is 38.3 Å². The summed E-state index contributed by atoms with van der Waals surface area (Å²) in [6.45, 7) is 2.25. The number of hydrogen-bond acceptors (Lipinski definition) is 2. The minimum Gasteiger partial charge on any atom is -0.496 e. The van der Waals surface area contributed by atoms with Crippen molar-refractivity contribution in [1.29, 1.82) is 0 Å². The Morgan fingerprint density at radius 3 is 2.59 bits per heavy atom. The zero-order chi connectivity index (χ0) is 14.7. The largest absolute Gasteiger partial charge is 0.496 e. The normalized spacial score (nSPS) is 18.0. The number of methoxy groups -OCH3 is 1. The van der Waals surface area contributed by atoms with Crippen molar-refractivity contribution in [3.63, 3.8) is 0 Å². The lowest BCUT2D eigenvalue weighted by Crippen LogP contribution is -2.36. The standard InChI is InChI=1S/C19H23NO.ClH/c1-14(15-7-4-3-5-8-15)20-17-11-12-18-16(13-17)9-6-10-19(18)21-2;/h3-10,14,17,20H,11-13H2,1-2H3;1H/t14-,17?;/m0./s1. The van der Waals surface area contributed by atoms with E-state index < -0.39 is 0 Å². The minimum absolute atomic E-state index is 0. The Morgan fingerprint density at radius 2 is 1.86 bits per heavy atom. The first-order valence-electron chi connectivity index (χ1n) is 7.73. The molecule has 2 atom stereocenters. The fraction of sp³-hybridized carbons (Fsp3) is 0.368. The summed E-state index contributed by atoms with van der Waals surface area (Å²) >= 11 is 0. The van der Waals surface area contributed by atoms with E-state index >= 15 is 0 Å². The van der Waals surface area contributed by atoms with Crippen LogP contribution in [0.4, 0.5) is 0 Å². The van der Waals surface area contributed by atoms with E-state index in [1.165, 1.54) is 23.1 Å². The van der Waals surface area contributed by atoms with Gasteiger partial charge in [-0.25, -0.2) is 0 Å². The summed E-state index contributed by atoms with van der Waals surface area (Å²) in [5, 5.41) is 3.77. The molecule has 118 valence electrons. The fourth-order valence-electron chi connectivity index (χ4n) is 3.30. The van der Waals surface area contributed by atoms with Crippen LogP contribution in [-0.2, 0) is 12.8 Å². The summed E-state index contributed by atoms with van der Waals surface area (Å²) in [5.74, 6) is 1.04. The lowest BCUT2D eigenvalue weighted by Gasteiger charge is -2.29. The summed E-state index contributed by atoms with van der Waals surface area (Å²) in [6, 6.07) is 18.0. The van der Waals surface area contributed by atoms with Gasteiger partial charge >= 0.3 is 0 Å². The number of fused-ring (bicyclic) bond motifs is 1. The molecule has 0 bridgehead atoms.